The molecular formula is C17H16FN3OS. The molecule has 0 saturated carbocycles. The summed E-state index contributed by atoms with van der Waals surface area (Å²) in [5.74, 6) is 4.66. The molecule has 1 fully saturated rings. The number of thiazole rings is 1. The van der Waals surface area contributed by atoms with Crippen LogP contribution in [-0.4, -0.2) is 30.0 Å². The zero-order chi connectivity index (χ0) is 16.2. The summed E-state index contributed by atoms with van der Waals surface area (Å²) >= 11 is 1.62. The van der Waals surface area contributed by atoms with Crippen LogP contribution >= 0.6 is 11.3 Å². The lowest BCUT2D eigenvalue weighted by atomic mass is 10.2. The van der Waals surface area contributed by atoms with Crippen molar-refractivity contribution < 1.29 is 9.18 Å². The molecule has 1 saturated heterocycles. The highest BCUT2D eigenvalue weighted by Gasteiger charge is 2.25. The second-order valence-corrected chi connectivity index (χ2v) is 6.27. The second-order valence-electron chi connectivity index (χ2n) is 5.43. The average Bonchev–Trinajstić information content (AvgIpc) is 3.16. The first-order chi connectivity index (χ1) is 11.1. The van der Waals surface area contributed by atoms with E-state index in [4.69, 9.17) is 0 Å². The van der Waals surface area contributed by atoms with Crippen LogP contribution in [0.1, 0.15) is 17.7 Å². The van der Waals surface area contributed by atoms with Crippen molar-refractivity contribution in [3.63, 3.8) is 0 Å². The van der Waals surface area contributed by atoms with Crippen LogP contribution in [0.3, 0.4) is 0 Å². The molecular weight excluding hydrogens is 313 g/mol. The van der Waals surface area contributed by atoms with Crippen molar-refractivity contribution in [1.82, 2.24) is 10.3 Å². The SMILES string of the molecule is Cc1csc(N2CCC(NC(=O)C#Cc3ccc(F)cc3)C2)n1. The third kappa shape index (κ3) is 4.08. The molecule has 23 heavy (non-hydrogen) atoms. The van der Waals surface area contributed by atoms with E-state index in [9.17, 15) is 9.18 Å². The van der Waals surface area contributed by atoms with Crippen molar-refractivity contribution in [3.05, 3.63) is 46.7 Å². The molecule has 1 aliphatic heterocycles. The van der Waals surface area contributed by atoms with Gasteiger partial charge in [-0.3, -0.25) is 4.79 Å². The van der Waals surface area contributed by atoms with Crippen molar-refractivity contribution in [2.24, 2.45) is 0 Å². The highest BCUT2D eigenvalue weighted by molar-refractivity contribution is 7.13. The van der Waals surface area contributed by atoms with Crippen molar-refractivity contribution >= 4 is 22.4 Å². The van der Waals surface area contributed by atoms with Crippen molar-refractivity contribution in [3.8, 4) is 11.8 Å². The Balaban J connectivity index is 1.54. The van der Waals surface area contributed by atoms with Crippen LogP contribution in [0.25, 0.3) is 0 Å². The summed E-state index contributed by atoms with van der Waals surface area (Å²) in [4.78, 5) is 18.5. The van der Waals surface area contributed by atoms with Crippen LogP contribution in [-0.2, 0) is 4.79 Å². The Morgan fingerprint density at radius 1 is 1.43 bits per heavy atom. The summed E-state index contributed by atoms with van der Waals surface area (Å²) in [5, 5.41) is 5.94. The lowest BCUT2D eigenvalue weighted by molar-refractivity contribution is -0.116. The third-order valence-corrected chi connectivity index (χ3v) is 4.58. The van der Waals surface area contributed by atoms with Gasteiger partial charge in [0.05, 0.1) is 5.69 Å². The number of hydrogen-bond donors (Lipinski definition) is 1. The largest absolute Gasteiger partial charge is 0.346 e. The monoisotopic (exact) mass is 329 g/mol. The number of aryl methyl sites for hydroxylation is 1. The first-order valence-corrected chi connectivity index (χ1v) is 8.23. The Bertz CT molecular complexity index is 760. The summed E-state index contributed by atoms with van der Waals surface area (Å²) < 4.78 is 12.8. The van der Waals surface area contributed by atoms with E-state index in [1.807, 2.05) is 12.3 Å². The van der Waals surface area contributed by atoms with Gasteiger partial charge in [-0.25, -0.2) is 9.37 Å². The number of carbonyl (C=O) groups excluding carboxylic acids is 1. The molecule has 0 aliphatic carbocycles. The number of nitrogens with zero attached hydrogens (tertiary/aromatic N) is 2. The van der Waals surface area contributed by atoms with Gasteiger partial charge in [-0.1, -0.05) is 5.92 Å². The van der Waals surface area contributed by atoms with Crippen LogP contribution in [0.2, 0.25) is 0 Å². The summed E-state index contributed by atoms with van der Waals surface area (Å²) in [5.41, 5.74) is 1.63. The predicted molar refractivity (Wildman–Crippen MR) is 88.9 cm³/mol. The number of amides is 1. The van der Waals surface area contributed by atoms with Crippen LogP contribution in [0.4, 0.5) is 9.52 Å². The minimum absolute atomic E-state index is 0.0780. The predicted octanol–water partition coefficient (Wildman–Crippen LogP) is 2.34. The number of anilines is 1. The number of carbonyl (C=O) groups is 1. The number of hydrogen-bond acceptors (Lipinski definition) is 4. The molecule has 0 spiro atoms. The number of benzene rings is 1. The van der Waals surface area contributed by atoms with E-state index in [1.54, 1.807) is 23.5 Å². The van der Waals surface area contributed by atoms with Gasteiger partial charge >= 0.3 is 0 Å². The molecule has 6 heteroatoms. The van der Waals surface area contributed by atoms with Crippen molar-refractivity contribution in [1.29, 1.82) is 0 Å². The van der Waals surface area contributed by atoms with Crippen LogP contribution < -0.4 is 10.2 Å². The van der Waals surface area contributed by atoms with Gasteiger partial charge in [0.15, 0.2) is 5.13 Å². The number of rotatable bonds is 2. The molecule has 1 atom stereocenters. The van der Waals surface area contributed by atoms with E-state index >= 15 is 0 Å². The fourth-order valence-electron chi connectivity index (χ4n) is 2.42. The van der Waals surface area contributed by atoms with Gasteiger partial charge < -0.3 is 10.2 Å². The van der Waals surface area contributed by atoms with E-state index in [0.29, 0.717) is 5.56 Å². The first-order valence-electron chi connectivity index (χ1n) is 7.35. The summed E-state index contributed by atoms with van der Waals surface area (Å²) in [6.45, 7) is 3.60. The Morgan fingerprint density at radius 2 is 2.22 bits per heavy atom. The molecule has 1 aliphatic rings. The van der Waals surface area contributed by atoms with Crippen LogP contribution in [0.15, 0.2) is 29.6 Å². The lowest BCUT2D eigenvalue weighted by Gasteiger charge is -2.14. The summed E-state index contributed by atoms with van der Waals surface area (Å²) in [7, 11) is 0. The zero-order valence-electron chi connectivity index (χ0n) is 12.7. The molecule has 4 nitrogen and oxygen atoms in total. The first kappa shape index (κ1) is 15.5. The van der Waals surface area contributed by atoms with E-state index in [1.165, 1.54) is 12.1 Å². The van der Waals surface area contributed by atoms with Gasteiger partial charge in [-0.2, -0.15) is 0 Å². The summed E-state index contributed by atoms with van der Waals surface area (Å²) in [6.07, 6.45) is 0.878. The molecule has 1 aromatic heterocycles. The summed E-state index contributed by atoms with van der Waals surface area (Å²) in [6, 6.07) is 5.84. The van der Waals surface area contributed by atoms with Gasteiger partial charge in [0.1, 0.15) is 5.82 Å². The third-order valence-electron chi connectivity index (χ3n) is 3.57. The number of nitrogens with one attached hydrogen (secondary N) is 1. The van der Waals surface area contributed by atoms with Gasteiger partial charge in [-0.05, 0) is 37.6 Å². The molecule has 1 unspecified atom stereocenters. The Labute approximate surface area is 138 Å². The van der Waals surface area contributed by atoms with Crippen LogP contribution in [0.5, 0.6) is 0 Å². The van der Waals surface area contributed by atoms with Gasteiger partial charge in [0.25, 0.3) is 5.91 Å². The minimum Gasteiger partial charge on any atom is -0.346 e. The van der Waals surface area contributed by atoms with Crippen molar-refractivity contribution in [2.45, 2.75) is 19.4 Å². The molecule has 1 N–H and O–H groups in total. The number of aromatic nitrogens is 1. The standard InChI is InChI=1S/C17H16FN3OS/c1-12-11-23-17(19-12)21-9-8-15(10-21)20-16(22)7-4-13-2-5-14(18)6-3-13/h2-3,5-6,11,15H,8-10H2,1H3,(H,20,22). The molecule has 0 bridgehead atoms. The van der Waals surface area contributed by atoms with E-state index < -0.39 is 0 Å². The molecule has 2 aromatic rings. The topological polar surface area (TPSA) is 45.2 Å². The van der Waals surface area contributed by atoms with Gasteiger partial charge in [-0.15, -0.1) is 11.3 Å². The van der Waals surface area contributed by atoms with E-state index in [0.717, 1.165) is 30.3 Å². The van der Waals surface area contributed by atoms with Crippen molar-refractivity contribution in [2.75, 3.05) is 18.0 Å². The highest BCUT2D eigenvalue weighted by atomic mass is 32.1. The Kier molecular flexibility index (Phi) is 4.58. The maximum absolute atomic E-state index is 12.8. The van der Waals surface area contributed by atoms with Gasteiger partial charge in [0, 0.05) is 36.0 Å². The fourth-order valence-corrected chi connectivity index (χ4v) is 3.26. The average molecular weight is 329 g/mol. The second kappa shape index (κ2) is 6.80. The van der Waals surface area contributed by atoms with E-state index in [2.05, 4.69) is 27.0 Å². The molecule has 0 radical (unpaired) electrons. The van der Waals surface area contributed by atoms with Gasteiger partial charge in [0.2, 0.25) is 0 Å². The molecule has 1 aromatic carbocycles. The minimum atomic E-state index is -0.316. The smallest absolute Gasteiger partial charge is 0.296 e. The Morgan fingerprint density at radius 3 is 2.91 bits per heavy atom. The normalized spacial score (nSPS) is 16.8. The quantitative estimate of drug-likeness (QED) is 0.860. The molecule has 2 heterocycles. The molecule has 1 amide bonds. The zero-order valence-corrected chi connectivity index (χ0v) is 13.5. The fraction of sp³-hybridized carbons (Fsp3) is 0.294. The van der Waals surface area contributed by atoms with Crippen LogP contribution in [0, 0.1) is 24.6 Å². The highest BCUT2D eigenvalue weighted by Crippen LogP contribution is 2.24. The number of halogens is 1. The maximum atomic E-state index is 12.8. The molecule has 3 rings (SSSR count). The Hall–Kier alpha value is -2.39. The lowest BCUT2D eigenvalue weighted by Crippen LogP contribution is -2.36. The molecule has 118 valence electrons. The van der Waals surface area contributed by atoms with E-state index in [-0.39, 0.29) is 17.8 Å². The maximum Gasteiger partial charge on any atom is 0.296 e.